The van der Waals surface area contributed by atoms with Crippen LogP contribution in [0.2, 0.25) is 0 Å². The van der Waals surface area contributed by atoms with Crippen molar-refractivity contribution in [3.05, 3.63) is 50.9 Å². The number of aromatic nitrogens is 2. The van der Waals surface area contributed by atoms with Gasteiger partial charge >= 0.3 is 0 Å². The van der Waals surface area contributed by atoms with Crippen molar-refractivity contribution in [2.75, 3.05) is 75.0 Å². The summed E-state index contributed by atoms with van der Waals surface area (Å²) in [7, 11) is 0. The summed E-state index contributed by atoms with van der Waals surface area (Å²) in [5.41, 5.74) is 4.97. The van der Waals surface area contributed by atoms with Gasteiger partial charge in [-0.3, -0.25) is 19.5 Å². The Kier molecular flexibility index (Phi) is 6.66. The van der Waals surface area contributed by atoms with Crippen LogP contribution in [0.1, 0.15) is 40.0 Å². The molecule has 2 saturated heterocycles. The number of fused-ring (bicyclic) bond motifs is 3. The van der Waals surface area contributed by atoms with Crippen LogP contribution in [0.15, 0.2) is 23.0 Å². The minimum atomic E-state index is -0.0236. The number of anilines is 2. The van der Waals surface area contributed by atoms with Gasteiger partial charge in [0.15, 0.2) is 0 Å². The number of nitrogens with zero attached hydrogens (tertiary/aromatic N) is 3. The van der Waals surface area contributed by atoms with Gasteiger partial charge in [0.1, 0.15) is 0 Å². The zero-order chi connectivity index (χ0) is 24.5. The Bertz CT molecular complexity index is 1190. The number of ether oxygens (including phenoxy) is 1. The number of piperidine rings is 1. The molecule has 3 N–H and O–H groups in total. The largest absolute Gasteiger partial charge is 0.384 e. The molecule has 2 fully saturated rings. The number of rotatable bonds is 5. The van der Waals surface area contributed by atoms with E-state index in [9.17, 15) is 9.59 Å². The Hall–Kier alpha value is -2.56. The number of hydrogen-bond donors (Lipinski definition) is 3. The van der Waals surface area contributed by atoms with Crippen LogP contribution in [0.3, 0.4) is 0 Å². The molecule has 4 aliphatic heterocycles. The number of benzene rings is 1. The van der Waals surface area contributed by atoms with Crippen molar-refractivity contribution < 1.29 is 9.53 Å². The van der Waals surface area contributed by atoms with E-state index in [0.29, 0.717) is 12.1 Å². The predicted octanol–water partition coefficient (Wildman–Crippen LogP) is 1.58. The minimum Gasteiger partial charge on any atom is -0.384 e. The van der Waals surface area contributed by atoms with Crippen molar-refractivity contribution in [1.82, 2.24) is 20.2 Å². The van der Waals surface area contributed by atoms with Crippen LogP contribution in [0.5, 0.6) is 0 Å². The van der Waals surface area contributed by atoms with E-state index < -0.39 is 0 Å². The molecule has 0 aliphatic carbocycles. The number of morpholine rings is 1. The first kappa shape index (κ1) is 23.8. The van der Waals surface area contributed by atoms with E-state index in [1.54, 1.807) is 11.8 Å². The van der Waals surface area contributed by atoms with Crippen molar-refractivity contribution in [3.63, 3.8) is 0 Å². The van der Waals surface area contributed by atoms with Gasteiger partial charge in [0.25, 0.3) is 11.5 Å². The lowest BCUT2D eigenvalue weighted by molar-refractivity contribution is 0.0383. The number of aryl methyl sites for hydroxylation is 1. The summed E-state index contributed by atoms with van der Waals surface area (Å²) < 4.78 is 5.38. The van der Waals surface area contributed by atoms with Crippen molar-refractivity contribution in [2.24, 2.45) is 0 Å². The Morgan fingerprint density at radius 2 is 2.03 bits per heavy atom. The smallest absolute Gasteiger partial charge is 0.256 e. The van der Waals surface area contributed by atoms with Gasteiger partial charge in [0, 0.05) is 73.8 Å². The molecule has 4 aliphatic rings. The van der Waals surface area contributed by atoms with Crippen LogP contribution in [-0.4, -0.2) is 85.6 Å². The molecule has 10 heteroatoms. The maximum absolute atomic E-state index is 12.8. The average Bonchev–Trinajstić information content (AvgIpc) is 3.26. The first-order valence-corrected chi connectivity index (χ1v) is 14.2. The normalized spacial score (nSPS) is 21.1. The van der Waals surface area contributed by atoms with Crippen LogP contribution in [0, 0.1) is 0 Å². The Balaban J connectivity index is 1.09. The summed E-state index contributed by atoms with van der Waals surface area (Å²) in [6.07, 6.45) is 2.83. The van der Waals surface area contributed by atoms with Gasteiger partial charge in [-0.15, -0.1) is 0 Å². The van der Waals surface area contributed by atoms with E-state index in [-0.39, 0.29) is 16.9 Å². The minimum absolute atomic E-state index is 0.0196. The number of amides is 1. The number of H-pyrrole nitrogens is 1. The van der Waals surface area contributed by atoms with Crippen molar-refractivity contribution in [3.8, 4) is 0 Å². The molecule has 5 heterocycles. The molecule has 0 unspecified atom stereocenters. The lowest BCUT2D eigenvalue weighted by Crippen LogP contribution is -2.45. The third kappa shape index (κ3) is 4.62. The zero-order valence-electron chi connectivity index (χ0n) is 20.6. The topological polar surface area (TPSA) is 103 Å². The standard InChI is InChI=1S/C26H34N6O3S/c33-23(27-6-9-31-10-12-35-13-11-31)18-1-2-20-22(15-18)28-17-26(20)4-7-32(8-5-26)25-29-21-3-14-36-16-19(21)24(34)30-25/h1-2,15,28H,3-14,16-17H2,(H,27,33)(H,29,30,34). The van der Waals surface area contributed by atoms with E-state index in [4.69, 9.17) is 9.72 Å². The number of carbonyl (C=O) groups excluding carboxylic acids is 1. The molecular weight excluding hydrogens is 476 g/mol. The predicted molar refractivity (Wildman–Crippen MR) is 142 cm³/mol. The number of nitrogens with one attached hydrogen (secondary N) is 3. The number of hydrogen-bond acceptors (Lipinski definition) is 8. The highest BCUT2D eigenvalue weighted by molar-refractivity contribution is 7.98. The van der Waals surface area contributed by atoms with Crippen LogP contribution in [-0.2, 0) is 22.3 Å². The summed E-state index contributed by atoms with van der Waals surface area (Å²) in [6.45, 7) is 7.45. The first-order valence-electron chi connectivity index (χ1n) is 13.0. The second-order valence-electron chi connectivity index (χ2n) is 10.2. The van der Waals surface area contributed by atoms with E-state index >= 15 is 0 Å². The third-order valence-corrected chi connectivity index (χ3v) is 9.11. The van der Waals surface area contributed by atoms with E-state index in [1.807, 2.05) is 12.1 Å². The second kappa shape index (κ2) is 10.1. The third-order valence-electron chi connectivity index (χ3n) is 8.13. The summed E-state index contributed by atoms with van der Waals surface area (Å²) in [5, 5.41) is 6.64. The van der Waals surface area contributed by atoms with Gasteiger partial charge in [-0.2, -0.15) is 11.8 Å². The molecule has 9 nitrogen and oxygen atoms in total. The second-order valence-corrected chi connectivity index (χ2v) is 11.3. The summed E-state index contributed by atoms with van der Waals surface area (Å²) in [4.78, 5) is 37.8. The molecular formula is C26H34N6O3S. The van der Waals surface area contributed by atoms with Crippen molar-refractivity contribution in [2.45, 2.75) is 30.4 Å². The monoisotopic (exact) mass is 510 g/mol. The fourth-order valence-electron chi connectivity index (χ4n) is 5.88. The van der Waals surface area contributed by atoms with E-state index in [2.05, 4.69) is 31.5 Å². The summed E-state index contributed by atoms with van der Waals surface area (Å²) in [6, 6.07) is 6.10. The quantitative estimate of drug-likeness (QED) is 0.557. The molecule has 0 atom stereocenters. The lowest BCUT2D eigenvalue weighted by Gasteiger charge is -2.39. The molecule has 0 saturated carbocycles. The van der Waals surface area contributed by atoms with Crippen LogP contribution < -0.4 is 21.1 Å². The number of thioether (sulfide) groups is 1. The van der Waals surface area contributed by atoms with Gasteiger partial charge in [0.2, 0.25) is 5.95 Å². The van der Waals surface area contributed by atoms with Gasteiger partial charge in [-0.1, -0.05) is 6.07 Å². The van der Waals surface area contributed by atoms with Crippen LogP contribution in [0.25, 0.3) is 0 Å². The fraction of sp³-hybridized carbons (Fsp3) is 0.577. The highest BCUT2D eigenvalue weighted by Crippen LogP contribution is 2.44. The van der Waals surface area contributed by atoms with Crippen molar-refractivity contribution >= 4 is 29.3 Å². The molecule has 1 spiro atoms. The van der Waals surface area contributed by atoms with E-state index in [1.165, 1.54) is 5.56 Å². The van der Waals surface area contributed by atoms with Gasteiger partial charge in [0.05, 0.1) is 18.9 Å². The first-order chi connectivity index (χ1) is 17.6. The SMILES string of the molecule is O=C(NCCN1CCOCC1)c1ccc2c(c1)NCC21CCN(c2nc3c(c(=O)[nH]2)CSCC3)CC1. The maximum Gasteiger partial charge on any atom is 0.256 e. The Morgan fingerprint density at radius 3 is 2.86 bits per heavy atom. The molecule has 2 aromatic rings. The van der Waals surface area contributed by atoms with Gasteiger partial charge < -0.3 is 20.3 Å². The highest BCUT2D eigenvalue weighted by Gasteiger charge is 2.42. The maximum atomic E-state index is 12.8. The lowest BCUT2D eigenvalue weighted by atomic mass is 9.74. The molecule has 6 rings (SSSR count). The number of carbonyl (C=O) groups is 1. The van der Waals surface area contributed by atoms with E-state index in [0.717, 1.165) is 106 Å². The van der Waals surface area contributed by atoms with Gasteiger partial charge in [-0.25, -0.2) is 4.98 Å². The number of aromatic amines is 1. The molecule has 0 bridgehead atoms. The molecule has 0 radical (unpaired) electrons. The highest BCUT2D eigenvalue weighted by atomic mass is 32.2. The van der Waals surface area contributed by atoms with Crippen molar-refractivity contribution in [1.29, 1.82) is 0 Å². The van der Waals surface area contributed by atoms with Crippen LogP contribution in [0.4, 0.5) is 11.6 Å². The van der Waals surface area contributed by atoms with Crippen LogP contribution >= 0.6 is 11.8 Å². The average molecular weight is 511 g/mol. The molecule has 1 aromatic heterocycles. The summed E-state index contributed by atoms with van der Waals surface area (Å²) >= 11 is 1.80. The summed E-state index contributed by atoms with van der Waals surface area (Å²) in [5.74, 6) is 2.49. The molecule has 1 aromatic carbocycles. The molecule has 36 heavy (non-hydrogen) atoms. The van der Waals surface area contributed by atoms with Gasteiger partial charge in [-0.05, 0) is 42.7 Å². The zero-order valence-corrected chi connectivity index (χ0v) is 21.4. The Labute approximate surface area is 215 Å². The Morgan fingerprint density at radius 1 is 1.19 bits per heavy atom. The molecule has 1 amide bonds. The molecule has 192 valence electrons. The fourth-order valence-corrected chi connectivity index (χ4v) is 6.86.